The Morgan fingerprint density at radius 2 is 2.14 bits per heavy atom. The average molecular weight is 211 g/mol. The minimum Gasteiger partial charge on any atom is -0.298 e. The van der Waals surface area contributed by atoms with Gasteiger partial charge in [0.25, 0.3) is 0 Å². The molecule has 1 unspecified atom stereocenters. The molecule has 0 aromatic heterocycles. The molecule has 0 saturated carbocycles. The molecule has 2 heteroatoms. The zero-order valence-corrected chi connectivity index (χ0v) is 9.56. The molecule has 14 heavy (non-hydrogen) atoms. The summed E-state index contributed by atoms with van der Waals surface area (Å²) in [5.41, 5.74) is 3.26. The second-order valence-corrected chi connectivity index (χ2v) is 3.97. The first-order valence-electron chi connectivity index (χ1n) is 4.80. The van der Waals surface area contributed by atoms with Crippen LogP contribution in [0.5, 0.6) is 0 Å². The van der Waals surface area contributed by atoms with E-state index in [0.29, 0.717) is 0 Å². The van der Waals surface area contributed by atoms with Crippen LogP contribution in [0.4, 0.5) is 0 Å². The van der Waals surface area contributed by atoms with Crippen LogP contribution in [0.15, 0.2) is 18.2 Å². The number of hydrogen-bond acceptors (Lipinski definition) is 1. The molecule has 0 bridgehead atoms. The van der Waals surface area contributed by atoms with E-state index in [1.54, 1.807) is 0 Å². The highest BCUT2D eigenvalue weighted by atomic mass is 35.5. The topological polar surface area (TPSA) is 17.1 Å². The van der Waals surface area contributed by atoms with Crippen molar-refractivity contribution in [2.24, 2.45) is 0 Å². The minimum atomic E-state index is -0.496. The Morgan fingerprint density at radius 1 is 1.50 bits per heavy atom. The van der Waals surface area contributed by atoms with Crippen LogP contribution >= 0.6 is 11.6 Å². The van der Waals surface area contributed by atoms with Gasteiger partial charge in [0.1, 0.15) is 5.38 Å². The molecule has 0 fully saturated rings. The van der Waals surface area contributed by atoms with Gasteiger partial charge in [-0.15, -0.1) is 11.6 Å². The van der Waals surface area contributed by atoms with Crippen LogP contribution in [0.1, 0.15) is 35.9 Å². The van der Waals surface area contributed by atoms with Gasteiger partial charge in [-0.2, -0.15) is 0 Å². The molecule has 0 spiro atoms. The van der Waals surface area contributed by atoms with Crippen molar-refractivity contribution < 1.29 is 4.79 Å². The molecule has 0 aliphatic rings. The van der Waals surface area contributed by atoms with Gasteiger partial charge in [0.05, 0.1) is 0 Å². The molecule has 0 N–H and O–H groups in total. The second kappa shape index (κ2) is 4.61. The van der Waals surface area contributed by atoms with Crippen LogP contribution in [-0.2, 0) is 11.2 Å². The quantitative estimate of drug-likeness (QED) is 0.699. The second-order valence-electron chi connectivity index (χ2n) is 3.53. The maximum atomic E-state index is 11.2. The normalized spacial score (nSPS) is 12.6. The minimum absolute atomic E-state index is 0.00645. The predicted octanol–water partition coefficient (Wildman–Crippen LogP) is 3.43. The summed E-state index contributed by atoms with van der Waals surface area (Å²) in [5.74, 6) is 0.00645. The van der Waals surface area contributed by atoms with Gasteiger partial charge in [0.15, 0.2) is 5.78 Å². The summed E-state index contributed by atoms with van der Waals surface area (Å²) in [7, 11) is 0. The third-order valence-corrected chi connectivity index (χ3v) is 2.85. The monoisotopic (exact) mass is 210 g/mol. The van der Waals surface area contributed by atoms with Crippen LogP contribution in [0.25, 0.3) is 0 Å². The van der Waals surface area contributed by atoms with Gasteiger partial charge in [0.2, 0.25) is 0 Å². The highest BCUT2D eigenvalue weighted by Crippen LogP contribution is 2.26. The average Bonchev–Trinajstić information content (AvgIpc) is 2.16. The highest BCUT2D eigenvalue weighted by molar-refractivity contribution is 6.30. The number of rotatable bonds is 3. The summed E-state index contributed by atoms with van der Waals surface area (Å²) in [6.45, 7) is 5.60. The summed E-state index contributed by atoms with van der Waals surface area (Å²) in [5, 5.41) is -0.496. The number of benzene rings is 1. The van der Waals surface area contributed by atoms with E-state index in [1.165, 1.54) is 6.92 Å². The predicted molar refractivity (Wildman–Crippen MR) is 59.8 cm³/mol. The lowest BCUT2D eigenvalue weighted by molar-refractivity contribution is -0.116. The first kappa shape index (κ1) is 11.3. The first-order chi connectivity index (χ1) is 6.56. The number of carbonyl (C=O) groups excluding carboxylic acids is 1. The fourth-order valence-corrected chi connectivity index (χ4v) is 1.69. The number of ketones is 1. The maximum Gasteiger partial charge on any atom is 0.152 e. The van der Waals surface area contributed by atoms with Crippen molar-refractivity contribution in [3.63, 3.8) is 0 Å². The number of alkyl halides is 1. The van der Waals surface area contributed by atoms with Crippen LogP contribution in [-0.4, -0.2) is 5.78 Å². The van der Waals surface area contributed by atoms with Crippen molar-refractivity contribution in [2.75, 3.05) is 0 Å². The van der Waals surface area contributed by atoms with Crippen molar-refractivity contribution in [2.45, 2.75) is 32.6 Å². The Labute approximate surface area is 90.1 Å². The lowest BCUT2D eigenvalue weighted by atomic mass is 9.98. The number of halogens is 1. The summed E-state index contributed by atoms with van der Waals surface area (Å²) >= 11 is 6.05. The van der Waals surface area contributed by atoms with Crippen molar-refractivity contribution >= 4 is 17.4 Å². The molecule has 1 atom stereocenters. The van der Waals surface area contributed by atoms with Gasteiger partial charge in [-0.05, 0) is 31.4 Å². The molecule has 0 amide bonds. The number of Topliss-reactive ketones (excluding diaryl/α,β-unsaturated/α-hetero) is 1. The van der Waals surface area contributed by atoms with Crippen molar-refractivity contribution in [1.82, 2.24) is 0 Å². The lowest BCUT2D eigenvalue weighted by Gasteiger charge is -2.12. The van der Waals surface area contributed by atoms with Crippen molar-refractivity contribution in [1.29, 1.82) is 0 Å². The third kappa shape index (κ3) is 2.36. The summed E-state index contributed by atoms with van der Waals surface area (Å²) < 4.78 is 0. The van der Waals surface area contributed by atoms with Crippen LogP contribution in [0.2, 0.25) is 0 Å². The molecule has 0 saturated heterocycles. The van der Waals surface area contributed by atoms with Crippen molar-refractivity contribution in [3.8, 4) is 0 Å². The lowest BCUT2D eigenvalue weighted by Crippen LogP contribution is -2.05. The van der Waals surface area contributed by atoms with Gasteiger partial charge in [0, 0.05) is 0 Å². The van der Waals surface area contributed by atoms with E-state index < -0.39 is 5.38 Å². The van der Waals surface area contributed by atoms with Gasteiger partial charge in [-0.25, -0.2) is 0 Å². The van der Waals surface area contributed by atoms with Gasteiger partial charge < -0.3 is 0 Å². The molecule has 0 aliphatic carbocycles. The Hall–Kier alpha value is -0.820. The molecule has 1 nitrogen and oxygen atoms in total. The molecule has 1 rings (SSSR count). The molecule has 0 heterocycles. The van der Waals surface area contributed by atoms with Crippen LogP contribution in [0, 0.1) is 6.92 Å². The Balaban J connectivity index is 3.16. The zero-order valence-electron chi connectivity index (χ0n) is 8.80. The molecular weight excluding hydrogens is 196 g/mol. The van der Waals surface area contributed by atoms with Gasteiger partial charge in [-0.1, -0.05) is 30.7 Å². The fourth-order valence-electron chi connectivity index (χ4n) is 1.49. The number of aryl methyl sites for hydroxylation is 2. The number of hydrogen-bond donors (Lipinski definition) is 0. The SMILES string of the molecule is CCc1ccc(C)cc1C(Cl)C(C)=O. The van der Waals surface area contributed by atoms with E-state index in [1.807, 2.05) is 25.1 Å². The van der Waals surface area contributed by atoms with E-state index in [0.717, 1.165) is 23.1 Å². The van der Waals surface area contributed by atoms with E-state index in [4.69, 9.17) is 11.6 Å². The molecular formula is C12H15ClO. The first-order valence-corrected chi connectivity index (χ1v) is 5.23. The molecule has 1 aromatic rings. The molecule has 76 valence electrons. The maximum absolute atomic E-state index is 11.2. The summed E-state index contributed by atoms with van der Waals surface area (Å²) in [4.78, 5) is 11.2. The van der Waals surface area contributed by atoms with E-state index in [9.17, 15) is 4.79 Å². The Bertz CT molecular complexity index is 344. The smallest absolute Gasteiger partial charge is 0.152 e. The van der Waals surface area contributed by atoms with Crippen LogP contribution in [0.3, 0.4) is 0 Å². The van der Waals surface area contributed by atoms with Gasteiger partial charge >= 0.3 is 0 Å². The van der Waals surface area contributed by atoms with E-state index in [2.05, 4.69) is 6.92 Å². The van der Waals surface area contributed by atoms with Crippen molar-refractivity contribution in [3.05, 3.63) is 34.9 Å². The zero-order chi connectivity index (χ0) is 10.7. The standard InChI is InChI=1S/C12H15ClO/c1-4-10-6-5-8(2)7-11(10)12(13)9(3)14/h5-7,12H,4H2,1-3H3. The van der Waals surface area contributed by atoms with Gasteiger partial charge in [-0.3, -0.25) is 4.79 Å². The Kier molecular flexibility index (Phi) is 3.70. The van der Waals surface area contributed by atoms with Crippen LogP contribution < -0.4 is 0 Å². The highest BCUT2D eigenvalue weighted by Gasteiger charge is 2.16. The van der Waals surface area contributed by atoms with E-state index in [-0.39, 0.29) is 5.78 Å². The molecule has 0 aliphatic heterocycles. The molecule has 0 radical (unpaired) electrons. The molecule has 1 aromatic carbocycles. The third-order valence-electron chi connectivity index (χ3n) is 2.31. The number of carbonyl (C=O) groups is 1. The largest absolute Gasteiger partial charge is 0.298 e. The fraction of sp³-hybridized carbons (Fsp3) is 0.417. The Morgan fingerprint density at radius 3 is 2.64 bits per heavy atom. The summed E-state index contributed by atoms with van der Waals surface area (Å²) in [6, 6.07) is 6.09. The summed E-state index contributed by atoms with van der Waals surface area (Å²) in [6.07, 6.45) is 0.909. The van der Waals surface area contributed by atoms with E-state index >= 15 is 0 Å².